The van der Waals surface area contributed by atoms with Gasteiger partial charge in [0.15, 0.2) is 0 Å². The summed E-state index contributed by atoms with van der Waals surface area (Å²) in [6, 6.07) is 9.94. The summed E-state index contributed by atoms with van der Waals surface area (Å²) in [5, 5.41) is 9.15. The van der Waals surface area contributed by atoms with E-state index >= 15 is 0 Å². The van der Waals surface area contributed by atoms with Gasteiger partial charge in [-0.1, -0.05) is 30.3 Å². The molecule has 1 saturated carbocycles. The van der Waals surface area contributed by atoms with Crippen molar-refractivity contribution in [2.24, 2.45) is 5.73 Å². The summed E-state index contributed by atoms with van der Waals surface area (Å²) < 4.78 is 0. The van der Waals surface area contributed by atoms with E-state index in [1.807, 2.05) is 35.2 Å². The average Bonchev–Trinajstić information content (AvgIpc) is 2.38. The second-order valence-corrected chi connectivity index (χ2v) is 5.04. The van der Waals surface area contributed by atoms with Gasteiger partial charge in [0.2, 0.25) is 5.91 Å². The predicted octanol–water partition coefficient (Wildman–Crippen LogP) is 1.10. The van der Waals surface area contributed by atoms with E-state index in [1.54, 1.807) is 0 Å². The fourth-order valence-corrected chi connectivity index (χ4v) is 2.54. The topological polar surface area (TPSA) is 66.6 Å². The summed E-state index contributed by atoms with van der Waals surface area (Å²) in [5.74, 6) is -0.249. The van der Waals surface area contributed by atoms with E-state index in [2.05, 4.69) is 0 Å². The number of rotatable bonds is 6. The fraction of sp³-hybridized carbons (Fsp3) is 0.533. The molecule has 1 aromatic carbocycles. The van der Waals surface area contributed by atoms with Gasteiger partial charge in [0, 0.05) is 19.1 Å². The number of nitrogens with two attached hydrogens (primary N) is 1. The monoisotopic (exact) mass is 262 g/mol. The van der Waals surface area contributed by atoms with Gasteiger partial charge >= 0.3 is 0 Å². The van der Waals surface area contributed by atoms with Crippen LogP contribution in [0.3, 0.4) is 0 Å². The van der Waals surface area contributed by atoms with E-state index in [-0.39, 0.29) is 24.5 Å². The zero-order valence-electron chi connectivity index (χ0n) is 11.2. The van der Waals surface area contributed by atoms with Crippen molar-refractivity contribution in [1.82, 2.24) is 4.90 Å². The smallest absolute Gasteiger partial charge is 0.231 e. The number of benzene rings is 1. The Labute approximate surface area is 114 Å². The molecule has 0 aromatic heterocycles. The molecule has 1 aromatic rings. The largest absolute Gasteiger partial charge is 0.395 e. The van der Waals surface area contributed by atoms with E-state index in [9.17, 15) is 4.79 Å². The predicted molar refractivity (Wildman–Crippen MR) is 74.7 cm³/mol. The number of nitrogens with zero attached hydrogens (tertiary/aromatic N) is 1. The molecule has 3 N–H and O–H groups in total. The summed E-state index contributed by atoms with van der Waals surface area (Å²) in [4.78, 5) is 14.4. The first-order chi connectivity index (χ1) is 9.27. The van der Waals surface area contributed by atoms with Crippen LogP contribution in [-0.4, -0.2) is 41.7 Å². The Morgan fingerprint density at radius 3 is 2.53 bits per heavy atom. The molecular weight excluding hydrogens is 240 g/mol. The maximum atomic E-state index is 12.6. The quantitative estimate of drug-likeness (QED) is 0.807. The molecule has 0 bridgehead atoms. The van der Waals surface area contributed by atoms with Crippen LogP contribution in [-0.2, 0) is 4.79 Å². The second kappa shape index (κ2) is 6.68. The number of carbonyl (C=O) groups excluding carboxylic acids is 1. The fourth-order valence-electron chi connectivity index (χ4n) is 2.54. The van der Waals surface area contributed by atoms with Gasteiger partial charge in [-0.3, -0.25) is 4.79 Å². The Morgan fingerprint density at radius 2 is 2.05 bits per heavy atom. The van der Waals surface area contributed by atoms with Crippen LogP contribution >= 0.6 is 0 Å². The first-order valence-electron chi connectivity index (χ1n) is 6.94. The molecule has 1 unspecified atom stereocenters. The first kappa shape index (κ1) is 14.0. The Balaban J connectivity index is 2.14. The number of aliphatic hydroxyl groups excluding tert-OH is 1. The van der Waals surface area contributed by atoms with Crippen molar-refractivity contribution in [3.63, 3.8) is 0 Å². The van der Waals surface area contributed by atoms with E-state index in [4.69, 9.17) is 10.8 Å². The Bertz CT molecular complexity index is 404. The Morgan fingerprint density at radius 1 is 1.37 bits per heavy atom. The van der Waals surface area contributed by atoms with Crippen LogP contribution in [0.15, 0.2) is 30.3 Å². The molecule has 0 saturated heterocycles. The molecule has 0 spiro atoms. The van der Waals surface area contributed by atoms with Crippen molar-refractivity contribution >= 4 is 5.91 Å². The third kappa shape index (κ3) is 3.14. The number of carbonyl (C=O) groups is 1. The zero-order valence-corrected chi connectivity index (χ0v) is 11.2. The van der Waals surface area contributed by atoms with Crippen LogP contribution in [0.4, 0.5) is 0 Å². The highest BCUT2D eigenvalue weighted by molar-refractivity contribution is 5.84. The molecule has 19 heavy (non-hydrogen) atoms. The second-order valence-electron chi connectivity index (χ2n) is 5.04. The van der Waals surface area contributed by atoms with Crippen molar-refractivity contribution in [2.45, 2.75) is 31.2 Å². The molecule has 1 aliphatic carbocycles. The van der Waals surface area contributed by atoms with Gasteiger partial charge < -0.3 is 15.7 Å². The lowest BCUT2D eigenvalue weighted by Gasteiger charge is -2.39. The number of aliphatic hydroxyl groups is 1. The number of hydrogen-bond acceptors (Lipinski definition) is 3. The standard InChI is InChI=1S/C15H22N2O2/c16-11-14(12-5-2-1-3-6-12)15(19)17(9-10-18)13-7-4-8-13/h1-3,5-6,13-14,18H,4,7-11,16H2. The van der Waals surface area contributed by atoms with Crippen molar-refractivity contribution < 1.29 is 9.90 Å². The minimum atomic E-state index is -0.298. The van der Waals surface area contributed by atoms with Gasteiger partial charge in [-0.05, 0) is 24.8 Å². The van der Waals surface area contributed by atoms with Gasteiger partial charge in [-0.15, -0.1) is 0 Å². The third-order valence-corrected chi connectivity index (χ3v) is 3.88. The summed E-state index contributed by atoms with van der Waals surface area (Å²) in [6.07, 6.45) is 3.24. The van der Waals surface area contributed by atoms with Crippen molar-refractivity contribution in [3.05, 3.63) is 35.9 Å². The lowest BCUT2D eigenvalue weighted by atomic mass is 9.89. The van der Waals surface area contributed by atoms with E-state index < -0.39 is 0 Å². The highest BCUT2D eigenvalue weighted by Crippen LogP contribution is 2.28. The highest BCUT2D eigenvalue weighted by Gasteiger charge is 2.32. The summed E-state index contributed by atoms with van der Waals surface area (Å²) in [7, 11) is 0. The molecule has 2 rings (SSSR count). The van der Waals surface area contributed by atoms with Gasteiger partial charge in [0.1, 0.15) is 0 Å². The number of amides is 1. The van der Waals surface area contributed by atoms with Gasteiger partial charge in [-0.25, -0.2) is 0 Å². The van der Waals surface area contributed by atoms with Crippen LogP contribution < -0.4 is 5.73 Å². The molecule has 4 heteroatoms. The van der Waals surface area contributed by atoms with Crippen molar-refractivity contribution in [1.29, 1.82) is 0 Å². The molecular formula is C15H22N2O2. The number of hydrogen-bond donors (Lipinski definition) is 2. The molecule has 0 heterocycles. The maximum Gasteiger partial charge on any atom is 0.231 e. The van der Waals surface area contributed by atoms with Gasteiger partial charge in [-0.2, -0.15) is 0 Å². The van der Waals surface area contributed by atoms with E-state index in [1.165, 1.54) is 6.42 Å². The first-order valence-corrected chi connectivity index (χ1v) is 6.94. The third-order valence-electron chi connectivity index (χ3n) is 3.88. The van der Waals surface area contributed by atoms with Crippen LogP contribution in [0.25, 0.3) is 0 Å². The van der Waals surface area contributed by atoms with E-state index in [0.29, 0.717) is 13.1 Å². The van der Waals surface area contributed by atoms with Crippen LogP contribution in [0.5, 0.6) is 0 Å². The molecule has 1 amide bonds. The molecule has 0 radical (unpaired) electrons. The molecule has 0 aliphatic heterocycles. The summed E-state index contributed by atoms with van der Waals surface area (Å²) in [5.41, 5.74) is 6.75. The van der Waals surface area contributed by atoms with Crippen molar-refractivity contribution in [2.75, 3.05) is 19.7 Å². The average molecular weight is 262 g/mol. The minimum absolute atomic E-state index is 0.00826. The molecule has 4 nitrogen and oxygen atoms in total. The van der Waals surface area contributed by atoms with Crippen LogP contribution in [0.2, 0.25) is 0 Å². The Kier molecular flexibility index (Phi) is 4.93. The van der Waals surface area contributed by atoms with E-state index in [0.717, 1.165) is 18.4 Å². The summed E-state index contributed by atoms with van der Waals surface area (Å²) in [6.45, 7) is 0.721. The van der Waals surface area contributed by atoms with Crippen LogP contribution in [0, 0.1) is 0 Å². The zero-order chi connectivity index (χ0) is 13.7. The van der Waals surface area contributed by atoms with Gasteiger partial charge in [0.25, 0.3) is 0 Å². The molecule has 1 aliphatic rings. The van der Waals surface area contributed by atoms with Crippen LogP contribution in [0.1, 0.15) is 30.7 Å². The molecule has 1 fully saturated rings. The lowest BCUT2D eigenvalue weighted by Crippen LogP contribution is -2.48. The molecule has 104 valence electrons. The summed E-state index contributed by atoms with van der Waals surface area (Å²) >= 11 is 0. The highest BCUT2D eigenvalue weighted by atomic mass is 16.3. The maximum absolute atomic E-state index is 12.6. The normalized spacial score (nSPS) is 16.7. The van der Waals surface area contributed by atoms with Gasteiger partial charge in [0.05, 0.1) is 12.5 Å². The SMILES string of the molecule is NCC(C(=O)N(CCO)C1CCC1)c1ccccc1. The lowest BCUT2D eigenvalue weighted by molar-refractivity contribution is -0.137. The minimum Gasteiger partial charge on any atom is -0.395 e. The molecule has 1 atom stereocenters. The Hall–Kier alpha value is -1.39. The van der Waals surface area contributed by atoms with Crippen molar-refractivity contribution in [3.8, 4) is 0 Å².